The zero-order valence-electron chi connectivity index (χ0n) is 16.2. The summed E-state index contributed by atoms with van der Waals surface area (Å²) in [5.74, 6) is 0. The first-order valence-corrected chi connectivity index (χ1v) is 10.9. The first-order chi connectivity index (χ1) is 13.3. The summed E-state index contributed by atoms with van der Waals surface area (Å²) < 4.78 is 0. The number of piperazine rings is 1. The highest BCUT2D eigenvalue weighted by Gasteiger charge is 2.33. The Bertz CT molecular complexity index is 705. The smallest absolute Gasteiger partial charge is 0.127 e. The van der Waals surface area contributed by atoms with Crippen molar-refractivity contribution in [3.63, 3.8) is 0 Å². The van der Waals surface area contributed by atoms with Gasteiger partial charge in [-0.1, -0.05) is 54.1 Å². The van der Waals surface area contributed by atoms with E-state index in [2.05, 4.69) is 48.5 Å². The van der Waals surface area contributed by atoms with E-state index in [1.165, 1.54) is 69.8 Å². The van der Waals surface area contributed by atoms with Crippen molar-refractivity contribution in [3.05, 3.63) is 70.7 Å². The van der Waals surface area contributed by atoms with E-state index < -0.39 is 0 Å². The molecule has 144 valence electrons. The average molecular weight is 387 g/mol. The highest BCUT2D eigenvalue weighted by atomic mass is 35.5. The zero-order chi connectivity index (χ0) is 18.5. The molecule has 2 aliphatic heterocycles. The molecule has 2 saturated heterocycles. The molecule has 0 radical (unpaired) electrons. The molecule has 4 rings (SSSR count). The summed E-state index contributed by atoms with van der Waals surface area (Å²) >= 11 is 6.14. The molecular formula is C23H33ClN3+3. The molecule has 2 aromatic rings. The van der Waals surface area contributed by atoms with Crippen LogP contribution in [0.3, 0.4) is 0 Å². The molecule has 0 bridgehead atoms. The highest BCUT2D eigenvalue weighted by Crippen LogP contribution is 2.10. The largest absolute Gasteiger partial charge is 0.331 e. The van der Waals surface area contributed by atoms with Gasteiger partial charge in [-0.2, -0.15) is 0 Å². The molecule has 2 heterocycles. The molecule has 3 nitrogen and oxygen atoms in total. The van der Waals surface area contributed by atoms with Gasteiger partial charge in [-0.05, 0) is 12.1 Å². The van der Waals surface area contributed by atoms with Crippen molar-refractivity contribution in [2.75, 3.05) is 39.3 Å². The number of hydrogen-bond acceptors (Lipinski definition) is 0. The molecule has 2 aromatic carbocycles. The SMILES string of the molecule is Clc1cccc(C[NH+]2CCC([NH+]3CC[NH+](Cc4ccccc4)CC3)CC2)c1. The van der Waals surface area contributed by atoms with Crippen LogP contribution in [0.15, 0.2) is 54.6 Å². The van der Waals surface area contributed by atoms with Crippen molar-refractivity contribution >= 4 is 11.6 Å². The fourth-order valence-corrected chi connectivity index (χ4v) is 5.15. The van der Waals surface area contributed by atoms with Gasteiger partial charge in [0, 0.05) is 29.0 Å². The van der Waals surface area contributed by atoms with Crippen LogP contribution in [0.5, 0.6) is 0 Å². The van der Waals surface area contributed by atoms with Crippen LogP contribution in [0.2, 0.25) is 5.02 Å². The van der Waals surface area contributed by atoms with Crippen molar-refractivity contribution in [3.8, 4) is 0 Å². The minimum Gasteiger partial charge on any atom is -0.331 e. The predicted octanol–water partition coefficient (Wildman–Crippen LogP) is -0.129. The monoisotopic (exact) mass is 386 g/mol. The third kappa shape index (κ3) is 5.32. The zero-order valence-corrected chi connectivity index (χ0v) is 17.0. The molecular weight excluding hydrogens is 354 g/mol. The average Bonchev–Trinajstić information content (AvgIpc) is 2.70. The van der Waals surface area contributed by atoms with Crippen molar-refractivity contribution in [1.82, 2.24) is 0 Å². The van der Waals surface area contributed by atoms with E-state index in [9.17, 15) is 0 Å². The van der Waals surface area contributed by atoms with Crippen molar-refractivity contribution in [2.45, 2.75) is 32.0 Å². The number of rotatable bonds is 5. The summed E-state index contributed by atoms with van der Waals surface area (Å²) in [5.41, 5.74) is 2.86. The summed E-state index contributed by atoms with van der Waals surface area (Å²) in [6.45, 7) is 10.3. The van der Waals surface area contributed by atoms with Crippen LogP contribution in [-0.2, 0) is 13.1 Å². The Morgan fingerprint density at radius 2 is 1.33 bits per heavy atom. The van der Waals surface area contributed by atoms with Crippen LogP contribution in [0.4, 0.5) is 0 Å². The molecule has 27 heavy (non-hydrogen) atoms. The van der Waals surface area contributed by atoms with Gasteiger partial charge < -0.3 is 14.7 Å². The molecule has 3 N–H and O–H groups in total. The maximum atomic E-state index is 6.14. The third-order valence-electron chi connectivity index (χ3n) is 6.51. The first-order valence-electron chi connectivity index (χ1n) is 10.6. The van der Waals surface area contributed by atoms with Crippen LogP contribution in [0.25, 0.3) is 0 Å². The molecule has 2 fully saturated rings. The quantitative estimate of drug-likeness (QED) is 0.634. The van der Waals surface area contributed by atoms with Gasteiger partial charge in [0.15, 0.2) is 0 Å². The number of nitrogens with one attached hydrogen (secondary N) is 3. The fourth-order valence-electron chi connectivity index (χ4n) is 4.94. The van der Waals surface area contributed by atoms with E-state index in [1.54, 1.807) is 9.80 Å². The van der Waals surface area contributed by atoms with Crippen molar-refractivity contribution in [1.29, 1.82) is 0 Å². The van der Waals surface area contributed by atoms with E-state index in [0.717, 1.165) is 17.6 Å². The number of likely N-dealkylation sites (tertiary alicyclic amines) is 1. The lowest BCUT2D eigenvalue weighted by Gasteiger charge is -2.37. The molecule has 0 spiro atoms. The van der Waals surface area contributed by atoms with Crippen LogP contribution in [0, 0.1) is 0 Å². The topological polar surface area (TPSA) is 13.3 Å². The van der Waals surface area contributed by atoms with E-state index in [0.29, 0.717) is 0 Å². The molecule has 0 unspecified atom stereocenters. The Hall–Kier alpha value is -1.39. The summed E-state index contributed by atoms with van der Waals surface area (Å²) in [6.07, 6.45) is 2.75. The van der Waals surface area contributed by atoms with Crippen LogP contribution in [-0.4, -0.2) is 45.3 Å². The molecule has 0 aromatic heterocycles. The summed E-state index contributed by atoms with van der Waals surface area (Å²) in [5, 5.41) is 0.863. The first kappa shape index (κ1) is 18.9. The Labute approximate surface area is 168 Å². The summed E-state index contributed by atoms with van der Waals surface area (Å²) in [6, 6.07) is 20.2. The maximum Gasteiger partial charge on any atom is 0.127 e. The van der Waals surface area contributed by atoms with Crippen LogP contribution >= 0.6 is 11.6 Å². The van der Waals surface area contributed by atoms with Gasteiger partial charge in [-0.3, -0.25) is 0 Å². The summed E-state index contributed by atoms with van der Waals surface area (Å²) in [4.78, 5) is 5.35. The van der Waals surface area contributed by atoms with Gasteiger partial charge in [-0.15, -0.1) is 0 Å². The van der Waals surface area contributed by atoms with Crippen LogP contribution in [0.1, 0.15) is 24.0 Å². The van der Waals surface area contributed by atoms with E-state index in [1.807, 2.05) is 11.0 Å². The molecule has 4 heteroatoms. The van der Waals surface area contributed by atoms with E-state index in [-0.39, 0.29) is 0 Å². The normalized spacial score (nSPS) is 28.8. The minimum absolute atomic E-state index is 0.863. The Kier molecular flexibility index (Phi) is 6.46. The number of piperidine rings is 1. The highest BCUT2D eigenvalue weighted by molar-refractivity contribution is 6.30. The Morgan fingerprint density at radius 1 is 0.704 bits per heavy atom. The van der Waals surface area contributed by atoms with Crippen molar-refractivity contribution in [2.24, 2.45) is 0 Å². The Balaban J connectivity index is 1.20. The lowest BCUT2D eigenvalue weighted by molar-refractivity contribution is -1.04. The maximum absolute atomic E-state index is 6.14. The third-order valence-corrected chi connectivity index (χ3v) is 6.74. The van der Waals surface area contributed by atoms with Gasteiger partial charge in [0.1, 0.15) is 39.3 Å². The van der Waals surface area contributed by atoms with E-state index >= 15 is 0 Å². The number of quaternary nitrogens is 3. The second-order valence-corrected chi connectivity index (χ2v) is 8.84. The Morgan fingerprint density at radius 3 is 2.04 bits per heavy atom. The van der Waals surface area contributed by atoms with Gasteiger partial charge in [0.2, 0.25) is 0 Å². The minimum atomic E-state index is 0.863. The second kappa shape index (κ2) is 9.20. The molecule has 0 saturated carbocycles. The van der Waals surface area contributed by atoms with Gasteiger partial charge in [-0.25, -0.2) is 0 Å². The number of hydrogen-bond donors (Lipinski definition) is 3. The predicted molar refractivity (Wildman–Crippen MR) is 110 cm³/mol. The van der Waals surface area contributed by atoms with Crippen molar-refractivity contribution < 1.29 is 14.7 Å². The van der Waals surface area contributed by atoms with Gasteiger partial charge >= 0.3 is 0 Å². The van der Waals surface area contributed by atoms with Gasteiger partial charge in [0.05, 0.1) is 19.1 Å². The molecule has 0 amide bonds. The molecule has 2 aliphatic rings. The standard InChI is InChI=1S/C23H30ClN3/c24-22-8-4-7-21(17-22)19-25-11-9-23(10-12-25)27-15-13-26(14-16-27)18-20-5-2-1-3-6-20/h1-8,17,23H,9-16,18-19H2/p+3. The lowest BCUT2D eigenvalue weighted by atomic mass is 10.0. The second-order valence-electron chi connectivity index (χ2n) is 8.40. The fraction of sp³-hybridized carbons (Fsp3) is 0.478. The van der Waals surface area contributed by atoms with Crippen LogP contribution < -0.4 is 14.7 Å². The number of benzene rings is 2. The number of halogens is 1. The van der Waals surface area contributed by atoms with Gasteiger partial charge in [0.25, 0.3) is 0 Å². The lowest BCUT2D eigenvalue weighted by Crippen LogP contribution is -3.30. The van der Waals surface area contributed by atoms with E-state index in [4.69, 9.17) is 11.6 Å². The summed E-state index contributed by atoms with van der Waals surface area (Å²) in [7, 11) is 0. The molecule has 0 atom stereocenters. The molecule has 0 aliphatic carbocycles.